The molecule has 0 aliphatic rings. The van der Waals surface area contributed by atoms with Crippen molar-refractivity contribution in [2.24, 2.45) is 5.10 Å². The van der Waals surface area contributed by atoms with Crippen LogP contribution in [0.1, 0.15) is 15.9 Å². The van der Waals surface area contributed by atoms with Crippen molar-refractivity contribution in [3.05, 3.63) is 122 Å². The number of esters is 1. The van der Waals surface area contributed by atoms with Gasteiger partial charge in [-0.05, 0) is 91.0 Å². The number of carbonyl (C=O) groups is 2. The minimum absolute atomic E-state index is 0.225. The van der Waals surface area contributed by atoms with E-state index in [2.05, 4.69) is 26.5 Å². The number of carbonyl (C=O) groups excluding carboxylic acids is 2. The van der Waals surface area contributed by atoms with Crippen molar-refractivity contribution < 1.29 is 23.8 Å². The van der Waals surface area contributed by atoms with Gasteiger partial charge in [-0.15, -0.1) is 0 Å². The average Bonchev–Trinajstić information content (AvgIpc) is 2.92. The van der Waals surface area contributed by atoms with Crippen LogP contribution in [0.3, 0.4) is 0 Å². The van der Waals surface area contributed by atoms with Crippen molar-refractivity contribution in [2.75, 3.05) is 0 Å². The summed E-state index contributed by atoms with van der Waals surface area (Å²) >= 11 is 21.2. The lowest BCUT2D eigenvalue weighted by atomic mass is 10.2. The molecule has 7 nitrogen and oxygen atoms in total. The van der Waals surface area contributed by atoms with Crippen molar-refractivity contribution in [3.63, 3.8) is 0 Å². The molecular formula is C28H18BrCl3N2O5. The standard InChI is InChI=1S/C28H18BrCl3N2O5/c29-19-3-14-25(39-27(36)17-1-4-20(30)5-2-17)18(15-19)16-33-34-26(35)28(37-23-10-6-21(31)7-11-23)38-24-12-8-22(32)9-13-24/h1-16,28H,(H,34,35)/b33-16-. The average molecular weight is 649 g/mol. The fraction of sp³-hybridized carbons (Fsp3) is 0.0357. The van der Waals surface area contributed by atoms with Crippen molar-refractivity contribution >= 4 is 68.8 Å². The molecule has 4 aromatic carbocycles. The smallest absolute Gasteiger partial charge is 0.343 e. The Morgan fingerprint density at radius 1 is 0.769 bits per heavy atom. The van der Waals surface area contributed by atoms with Crippen LogP contribution in [0.25, 0.3) is 0 Å². The highest BCUT2D eigenvalue weighted by Gasteiger charge is 2.23. The Morgan fingerprint density at radius 2 is 1.28 bits per heavy atom. The molecule has 1 amide bonds. The zero-order valence-corrected chi connectivity index (χ0v) is 23.7. The van der Waals surface area contributed by atoms with E-state index >= 15 is 0 Å². The molecule has 1 N–H and O–H groups in total. The van der Waals surface area contributed by atoms with E-state index in [9.17, 15) is 9.59 Å². The zero-order valence-electron chi connectivity index (χ0n) is 19.8. The molecule has 0 atom stereocenters. The summed E-state index contributed by atoms with van der Waals surface area (Å²) in [6, 6.07) is 24.1. The third-order valence-electron chi connectivity index (χ3n) is 4.96. The monoisotopic (exact) mass is 646 g/mol. The van der Waals surface area contributed by atoms with Crippen molar-refractivity contribution in [1.82, 2.24) is 5.43 Å². The van der Waals surface area contributed by atoms with Gasteiger partial charge in [-0.1, -0.05) is 50.7 Å². The van der Waals surface area contributed by atoms with Gasteiger partial charge in [0.05, 0.1) is 11.8 Å². The zero-order chi connectivity index (χ0) is 27.8. The highest BCUT2D eigenvalue weighted by Crippen LogP contribution is 2.24. The molecule has 0 bridgehead atoms. The molecule has 198 valence electrons. The second-order valence-corrected chi connectivity index (χ2v) is 10.0. The summed E-state index contributed by atoms with van der Waals surface area (Å²) in [5, 5.41) is 5.52. The highest BCUT2D eigenvalue weighted by molar-refractivity contribution is 9.10. The molecule has 4 aromatic rings. The molecule has 0 aromatic heterocycles. The number of ether oxygens (including phenoxy) is 3. The van der Waals surface area contributed by atoms with E-state index < -0.39 is 18.2 Å². The number of hydrazone groups is 1. The van der Waals surface area contributed by atoms with Crippen LogP contribution >= 0.6 is 50.7 Å². The molecule has 0 saturated carbocycles. The number of halogens is 4. The maximum Gasteiger partial charge on any atom is 0.343 e. The molecule has 0 aliphatic heterocycles. The number of hydrogen-bond acceptors (Lipinski definition) is 6. The minimum Gasteiger partial charge on any atom is -0.446 e. The van der Waals surface area contributed by atoms with Gasteiger partial charge in [-0.2, -0.15) is 5.10 Å². The molecular weight excluding hydrogens is 631 g/mol. The lowest BCUT2D eigenvalue weighted by molar-refractivity contribution is -0.140. The number of rotatable bonds is 9. The fourth-order valence-corrected chi connectivity index (χ4v) is 3.84. The summed E-state index contributed by atoms with van der Waals surface area (Å²) in [6.45, 7) is 0. The third kappa shape index (κ3) is 8.46. The van der Waals surface area contributed by atoms with E-state index in [0.717, 1.165) is 0 Å². The van der Waals surface area contributed by atoms with Crippen LogP contribution in [0.5, 0.6) is 17.2 Å². The molecule has 0 spiro atoms. The summed E-state index contributed by atoms with van der Waals surface area (Å²) in [5.41, 5.74) is 3.13. The van der Waals surface area contributed by atoms with Crippen molar-refractivity contribution in [3.8, 4) is 17.2 Å². The van der Waals surface area contributed by atoms with E-state index in [1.807, 2.05) is 0 Å². The van der Waals surface area contributed by atoms with Gasteiger partial charge in [-0.3, -0.25) is 4.79 Å². The summed E-state index contributed by atoms with van der Waals surface area (Å²) in [6.07, 6.45) is -0.0800. The molecule has 0 unspecified atom stereocenters. The van der Waals surface area contributed by atoms with E-state index in [1.54, 1.807) is 91.0 Å². The molecule has 0 radical (unpaired) electrons. The van der Waals surface area contributed by atoms with E-state index in [1.165, 1.54) is 6.21 Å². The van der Waals surface area contributed by atoms with Crippen LogP contribution < -0.4 is 19.6 Å². The lowest BCUT2D eigenvalue weighted by Crippen LogP contribution is -2.40. The van der Waals surface area contributed by atoms with Gasteiger partial charge in [-0.25, -0.2) is 10.2 Å². The number of benzene rings is 4. The van der Waals surface area contributed by atoms with Crippen LogP contribution in [0, 0.1) is 0 Å². The van der Waals surface area contributed by atoms with Crippen molar-refractivity contribution in [1.29, 1.82) is 0 Å². The van der Waals surface area contributed by atoms with Gasteiger partial charge in [0.15, 0.2) is 0 Å². The topological polar surface area (TPSA) is 86.2 Å². The molecule has 11 heteroatoms. The second kappa shape index (κ2) is 13.5. The number of amides is 1. The van der Waals surface area contributed by atoms with E-state index in [4.69, 9.17) is 49.0 Å². The van der Waals surface area contributed by atoms with E-state index in [0.29, 0.717) is 42.2 Å². The Kier molecular flexibility index (Phi) is 9.84. The number of nitrogens with one attached hydrogen (secondary N) is 1. The van der Waals surface area contributed by atoms with Crippen LogP contribution in [0.15, 0.2) is 101 Å². The molecule has 0 fully saturated rings. The Morgan fingerprint density at radius 3 is 1.82 bits per heavy atom. The maximum atomic E-state index is 13.0. The Balaban J connectivity index is 1.49. The molecule has 39 heavy (non-hydrogen) atoms. The first-order valence-electron chi connectivity index (χ1n) is 11.2. The van der Waals surface area contributed by atoms with Crippen LogP contribution in [-0.2, 0) is 4.79 Å². The van der Waals surface area contributed by atoms with Gasteiger partial charge < -0.3 is 14.2 Å². The lowest BCUT2D eigenvalue weighted by Gasteiger charge is -2.19. The first kappa shape index (κ1) is 28.4. The van der Waals surface area contributed by atoms with Gasteiger partial charge in [0.25, 0.3) is 0 Å². The summed E-state index contributed by atoms with van der Waals surface area (Å²) in [5.74, 6) is -0.365. The highest BCUT2D eigenvalue weighted by atomic mass is 79.9. The predicted octanol–water partition coefficient (Wildman–Crippen LogP) is 7.56. The largest absolute Gasteiger partial charge is 0.446 e. The van der Waals surface area contributed by atoms with Crippen LogP contribution in [0.4, 0.5) is 0 Å². The number of nitrogens with zero attached hydrogens (tertiary/aromatic N) is 1. The first-order valence-corrected chi connectivity index (χ1v) is 13.1. The Labute approximate surface area is 247 Å². The van der Waals surface area contributed by atoms with Gasteiger partial charge >= 0.3 is 18.2 Å². The van der Waals surface area contributed by atoms with E-state index in [-0.39, 0.29) is 5.75 Å². The Bertz CT molecular complexity index is 1430. The fourth-order valence-electron chi connectivity index (χ4n) is 3.08. The van der Waals surface area contributed by atoms with Crippen molar-refractivity contribution in [2.45, 2.75) is 6.29 Å². The summed E-state index contributed by atoms with van der Waals surface area (Å²) in [7, 11) is 0. The SMILES string of the molecule is O=C(Oc1ccc(Br)cc1/C=N\NC(=O)C(Oc1ccc(Cl)cc1)Oc1ccc(Cl)cc1)c1ccc(Cl)cc1. The van der Waals surface area contributed by atoms with Gasteiger partial charge in [0, 0.05) is 25.1 Å². The van der Waals surface area contributed by atoms with Crippen LogP contribution in [0.2, 0.25) is 15.1 Å². The summed E-state index contributed by atoms with van der Waals surface area (Å²) < 4.78 is 17.7. The molecule has 0 saturated heterocycles. The van der Waals surface area contributed by atoms with Gasteiger partial charge in [0.1, 0.15) is 17.2 Å². The third-order valence-corrected chi connectivity index (χ3v) is 6.21. The first-order chi connectivity index (χ1) is 18.8. The quantitative estimate of drug-likeness (QED) is 0.0666. The predicted molar refractivity (Wildman–Crippen MR) is 154 cm³/mol. The molecule has 0 aliphatic carbocycles. The normalized spacial score (nSPS) is 10.9. The van der Waals surface area contributed by atoms with Gasteiger partial charge in [0.2, 0.25) is 0 Å². The second-order valence-electron chi connectivity index (χ2n) is 7.79. The maximum absolute atomic E-state index is 13.0. The Hall–Kier alpha value is -3.56. The molecule has 0 heterocycles. The molecule has 4 rings (SSSR count). The minimum atomic E-state index is -1.41. The van der Waals surface area contributed by atoms with Crippen LogP contribution in [-0.4, -0.2) is 24.4 Å². The summed E-state index contributed by atoms with van der Waals surface area (Å²) in [4.78, 5) is 25.6. The number of hydrogen-bond donors (Lipinski definition) is 1.